The molecule has 186 valence electrons. The molecule has 2 amide bonds. The number of nitrogens with one attached hydrogen (secondary N) is 1. The minimum absolute atomic E-state index is 0.00588. The van der Waals surface area contributed by atoms with Gasteiger partial charge in [-0.05, 0) is 18.4 Å². The highest BCUT2D eigenvalue weighted by Gasteiger charge is 2.21. The molecular formula is C24H30N6O5. The molecule has 0 radical (unpaired) electrons. The monoisotopic (exact) mass is 482 g/mol. The van der Waals surface area contributed by atoms with Crippen LogP contribution in [-0.2, 0) is 34.0 Å². The summed E-state index contributed by atoms with van der Waals surface area (Å²) in [6.45, 7) is 2.12. The highest BCUT2D eigenvalue weighted by molar-refractivity contribution is 5.79. The zero-order chi connectivity index (χ0) is 24.8. The molecule has 0 unspecified atom stereocenters. The molecule has 1 saturated heterocycles. The van der Waals surface area contributed by atoms with Gasteiger partial charge < -0.3 is 19.5 Å². The molecule has 1 aliphatic heterocycles. The van der Waals surface area contributed by atoms with E-state index in [-0.39, 0.29) is 36.6 Å². The molecular weight excluding hydrogens is 452 g/mol. The molecule has 0 saturated carbocycles. The Kier molecular flexibility index (Phi) is 7.76. The lowest BCUT2D eigenvalue weighted by atomic mass is 10.2. The Bertz CT molecular complexity index is 1300. The number of benzene rings is 1. The predicted molar refractivity (Wildman–Crippen MR) is 129 cm³/mol. The molecule has 11 nitrogen and oxygen atoms in total. The van der Waals surface area contributed by atoms with Crippen molar-refractivity contribution in [1.29, 1.82) is 0 Å². The van der Waals surface area contributed by atoms with E-state index in [1.54, 1.807) is 16.6 Å². The molecule has 1 N–H and O–H groups in total. The van der Waals surface area contributed by atoms with Crippen LogP contribution >= 0.6 is 0 Å². The van der Waals surface area contributed by atoms with Crippen LogP contribution in [0.1, 0.15) is 24.8 Å². The summed E-state index contributed by atoms with van der Waals surface area (Å²) < 4.78 is 9.08. The van der Waals surface area contributed by atoms with E-state index < -0.39 is 23.7 Å². The number of carbonyl (C=O) groups is 2. The summed E-state index contributed by atoms with van der Waals surface area (Å²) in [7, 11) is 1.56. The van der Waals surface area contributed by atoms with E-state index in [1.807, 2.05) is 30.3 Å². The summed E-state index contributed by atoms with van der Waals surface area (Å²) in [4.78, 5) is 57.6. The maximum atomic E-state index is 13.3. The number of aromatic nitrogens is 4. The standard InChI is InChI=1S/C24H30N6O5/c1-35-14-13-28-17-26-22-21(28)23(33)30(24(34)29(22)15-18-7-3-2-4-8-18)16-19(31)25-10-9-20(32)27-11-5-6-12-27/h2-4,7-8,17H,5-6,9-16H2,1H3,(H,25,31). The summed E-state index contributed by atoms with van der Waals surface area (Å²) in [6.07, 6.45) is 3.68. The van der Waals surface area contributed by atoms with Gasteiger partial charge in [-0.2, -0.15) is 0 Å². The van der Waals surface area contributed by atoms with E-state index in [4.69, 9.17) is 4.74 Å². The number of amides is 2. The van der Waals surface area contributed by atoms with Crippen molar-refractivity contribution in [3.05, 3.63) is 63.1 Å². The second-order valence-corrected chi connectivity index (χ2v) is 8.54. The van der Waals surface area contributed by atoms with E-state index in [2.05, 4.69) is 10.3 Å². The molecule has 35 heavy (non-hydrogen) atoms. The normalized spacial score (nSPS) is 13.5. The molecule has 4 rings (SSSR count). The number of rotatable bonds is 10. The molecule has 2 aromatic heterocycles. The van der Waals surface area contributed by atoms with Crippen LogP contribution in [0.2, 0.25) is 0 Å². The minimum Gasteiger partial charge on any atom is -0.383 e. The van der Waals surface area contributed by atoms with E-state index >= 15 is 0 Å². The highest BCUT2D eigenvalue weighted by Crippen LogP contribution is 2.10. The van der Waals surface area contributed by atoms with Crippen molar-refractivity contribution in [3.8, 4) is 0 Å². The minimum atomic E-state index is -0.619. The second-order valence-electron chi connectivity index (χ2n) is 8.54. The van der Waals surface area contributed by atoms with Crippen LogP contribution in [0, 0.1) is 0 Å². The lowest BCUT2D eigenvalue weighted by Gasteiger charge is -2.15. The topological polar surface area (TPSA) is 120 Å². The van der Waals surface area contributed by atoms with Gasteiger partial charge in [-0.15, -0.1) is 0 Å². The third-order valence-corrected chi connectivity index (χ3v) is 6.12. The number of hydrogen-bond donors (Lipinski definition) is 1. The van der Waals surface area contributed by atoms with Gasteiger partial charge in [0.05, 0.1) is 19.5 Å². The summed E-state index contributed by atoms with van der Waals surface area (Å²) in [6, 6.07) is 9.35. The van der Waals surface area contributed by atoms with Crippen LogP contribution in [0.3, 0.4) is 0 Å². The summed E-state index contributed by atoms with van der Waals surface area (Å²) in [5, 5.41) is 2.66. The zero-order valence-corrected chi connectivity index (χ0v) is 19.8. The van der Waals surface area contributed by atoms with E-state index in [0.29, 0.717) is 13.2 Å². The summed E-state index contributed by atoms with van der Waals surface area (Å²) in [5.41, 5.74) is 0.137. The smallest absolute Gasteiger partial charge is 0.333 e. The van der Waals surface area contributed by atoms with E-state index in [1.165, 1.54) is 10.9 Å². The number of nitrogens with zero attached hydrogens (tertiary/aromatic N) is 5. The Morgan fingerprint density at radius 3 is 2.54 bits per heavy atom. The number of carbonyl (C=O) groups excluding carboxylic acids is 2. The molecule has 1 aliphatic rings. The molecule has 0 aliphatic carbocycles. The Balaban J connectivity index is 1.59. The number of fused-ring (bicyclic) bond motifs is 1. The van der Waals surface area contributed by atoms with Crippen molar-refractivity contribution in [2.45, 2.75) is 38.9 Å². The lowest BCUT2D eigenvalue weighted by Crippen LogP contribution is -2.44. The van der Waals surface area contributed by atoms with Crippen LogP contribution in [0.25, 0.3) is 11.2 Å². The molecule has 0 bridgehead atoms. The fraction of sp³-hybridized carbons (Fsp3) is 0.458. The van der Waals surface area contributed by atoms with Gasteiger partial charge >= 0.3 is 5.69 Å². The third kappa shape index (κ3) is 5.51. The number of likely N-dealkylation sites (tertiary alicyclic amines) is 1. The van der Waals surface area contributed by atoms with Gasteiger partial charge in [0.25, 0.3) is 5.56 Å². The molecule has 0 spiro atoms. The number of ether oxygens (including phenoxy) is 1. The first-order valence-electron chi connectivity index (χ1n) is 11.8. The first-order chi connectivity index (χ1) is 17.0. The fourth-order valence-electron chi connectivity index (χ4n) is 4.28. The molecule has 3 heterocycles. The van der Waals surface area contributed by atoms with Gasteiger partial charge in [0.15, 0.2) is 11.2 Å². The third-order valence-electron chi connectivity index (χ3n) is 6.12. The lowest BCUT2D eigenvalue weighted by molar-refractivity contribution is -0.130. The van der Waals surface area contributed by atoms with Crippen molar-refractivity contribution in [3.63, 3.8) is 0 Å². The Hall–Kier alpha value is -3.73. The molecule has 3 aromatic rings. The Labute approximate surface area is 201 Å². The average molecular weight is 483 g/mol. The number of imidazole rings is 1. The first-order valence-corrected chi connectivity index (χ1v) is 11.8. The van der Waals surface area contributed by atoms with Crippen molar-refractivity contribution in [2.24, 2.45) is 0 Å². The molecule has 0 atom stereocenters. The number of hydrogen-bond acceptors (Lipinski definition) is 6. The maximum Gasteiger partial charge on any atom is 0.333 e. The van der Waals surface area contributed by atoms with Crippen molar-refractivity contribution in [2.75, 3.05) is 33.4 Å². The Morgan fingerprint density at radius 2 is 1.83 bits per heavy atom. The maximum absolute atomic E-state index is 13.3. The van der Waals surface area contributed by atoms with E-state index in [0.717, 1.165) is 36.1 Å². The van der Waals surface area contributed by atoms with Gasteiger partial charge in [0, 0.05) is 39.7 Å². The van der Waals surface area contributed by atoms with E-state index in [9.17, 15) is 19.2 Å². The quantitative estimate of drug-likeness (QED) is 0.440. The van der Waals surface area contributed by atoms with Crippen molar-refractivity contribution >= 4 is 23.0 Å². The van der Waals surface area contributed by atoms with Gasteiger partial charge in [0.2, 0.25) is 11.8 Å². The first kappa shape index (κ1) is 24.4. The van der Waals surface area contributed by atoms with Crippen LogP contribution in [0.15, 0.2) is 46.2 Å². The molecule has 11 heteroatoms. The summed E-state index contributed by atoms with van der Waals surface area (Å²) >= 11 is 0. The zero-order valence-electron chi connectivity index (χ0n) is 19.8. The van der Waals surface area contributed by atoms with Crippen molar-refractivity contribution < 1.29 is 14.3 Å². The summed E-state index contributed by atoms with van der Waals surface area (Å²) in [5.74, 6) is -0.513. The SMILES string of the molecule is COCCn1cnc2c1c(=O)n(CC(=O)NCCC(=O)N1CCCC1)c(=O)n2Cc1ccccc1. The highest BCUT2D eigenvalue weighted by atomic mass is 16.5. The van der Waals surface area contributed by atoms with Crippen LogP contribution in [0.4, 0.5) is 0 Å². The van der Waals surface area contributed by atoms with Crippen LogP contribution in [-0.4, -0.2) is 68.8 Å². The van der Waals surface area contributed by atoms with Crippen LogP contribution in [0.5, 0.6) is 0 Å². The van der Waals surface area contributed by atoms with Crippen molar-refractivity contribution in [1.82, 2.24) is 28.9 Å². The van der Waals surface area contributed by atoms with Gasteiger partial charge in [-0.1, -0.05) is 30.3 Å². The predicted octanol–water partition coefficient (Wildman–Crippen LogP) is 0.183. The van der Waals surface area contributed by atoms with Gasteiger partial charge in [-0.3, -0.25) is 19.0 Å². The average Bonchev–Trinajstić information content (AvgIpc) is 3.54. The van der Waals surface area contributed by atoms with Gasteiger partial charge in [0.1, 0.15) is 6.54 Å². The molecule has 1 aromatic carbocycles. The largest absolute Gasteiger partial charge is 0.383 e. The molecule has 1 fully saturated rings. The number of methoxy groups -OCH3 is 1. The second kappa shape index (κ2) is 11.1. The Morgan fingerprint density at radius 1 is 1.09 bits per heavy atom. The fourth-order valence-corrected chi connectivity index (χ4v) is 4.28. The van der Waals surface area contributed by atoms with Gasteiger partial charge in [-0.25, -0.2) is 14.3 Å². The van der Waals surface area contributed by atoms with Crippen LogP contribution < -0.4 is 16.6 Å².